The quantitative estimate of drug-likeness (QED) is 0.670. The maximum atomic E-state index is 11.3. The van der Waals surface area contributed by atoms with E-state index in [1.807, 2.05) is 42.2 Å². The van der Waals surface area contributed by atoms with Gasteiger partial charge in [-0.2, -0.15) is 0 Å². The van der Waals surface area contributed by atoms with Crippen LogP contribution >= 0.6 is 0 Å². The molecule has 0 aliphatic carbocycles. The molecule has 0 radical (unpaired) electrons. The minimum atomic E-state index is -0.732. The summed E-state index contributed by atoms with van der Waals surface area (Å²) in [4.78, 5) is 12.8. The Morgan fingerprint density at radius 2 is 1.90 bits per heavy atom. The minimum absolute atomic E-state index is 0.000830. The zero-order chi connectivity index (χ0) is 15.4. The first-order valence-electron chi connectivity index (χ1n) is 6.83. The Balaban J connectivity index is 2.53. The van der Waals surface area contributed by atoms with Crippen LogP contribution in [0.15, 0.2) is 48.5 Å². The molecule has 110 valence electrons. The highest BCUT2D eigenvalue weighted by atomic mass is 16.6. The summed E-state index contributed by atoms with van der Waals surface area (Å²) in [5, 5.41) is 20.9. The molecule has 0 saturated carbocycles. The lowest BCUT2D eigenvalue weighted by molar-refractivity contribution is -0.384. The van der Waals surface area contributed by atoms with Crippen LogP contribution in [0, 0.1) is 10.1 Å². The largest absolute Gasteiger partial charge is 0.389 e. The molecule has 2 aromatic rings. The van der Waals surface area contributed by atoms with Crippen LogP contribution in [-0.4, -0.2) is 16.6 Å². The van der Waals surface area contributed by atoms with Crippen molar-refractivity contribution in [2.75, 3.05) is 11.4 Å². The molecule has 0 aromatic heterocycles. The van der Waals surface area contributed by atoms with E-state index in [1.54, 1.807) is 19.1 Å². The van der Waals surface area contributed by atoms with Gasteiger partial charge in [0.25, 0.3) is 5.69 Å². The summed E-state index contributed by atoms with van der Waals surface area (Å²) in [5.41, 5.74) is 1.96. The summed E-state index contributed by atoms with van der Waals surface area (Å²) in [6.45, 7) is 4.14. The second-order valence-corrected chi connectivity index (χ2v) is 4.76. The van der Waals surface area contributed by atoms with Gasteiger partial charge in [0, 0.05) is 18.3 Å². The first-order chi connectivity index (χ1) is 10.0. The van der Waals surface area contributed by atoms with E-state index in [4.69, 9.17) is 0 Å². The molecular weight excluding hydrogens is 268 g/mol. The van der Waals surface area contributed by atoms with Crippen molar-refractivity contribution in [1.29, 1.82) is 0 Å². The summed E-state index contributed by atoms with van der Waals surface area (Å²) < 4.78 is 0. The number of hydrogen-bond donors (Lipinski definition) is 1. The van der Waals surface area contributed by atoms with E-state index in [0.29, 0.717) is 17.8 Å². The summed E-state index contributed by atoms with van der Waals surface area (Å²) >= 11 is 0. The molecule has 1 atom stereocenters. The molecule has 0 saturated heterocycles. The monoisotopic (exact) mass is 286 g/mol. The lowest BCUT2D eigenvalue weighted by Gasteiger charge is -2.23. The average molecular weight is 286 g/mol. The van der Waals surface area contributed by atoms with E-state index in [1.165, 1.54) is 6.07 Å². The Kier molecular flexibility index (Phi) is 4.55. The maximum Gasteiger partial charge on any atom is 0.293 e. The fourth-order valence-corrected chi connectivity index (χ4v) is 2.27. The van der Waals surface area contributed by atoms with Crippen molar-refractivity contribution in [2.24, 2.45) is 0 Å². The van der Waals surface area contributed by atoms with Crippen molar-refractivity contribution in [3.8, 4) is 0 Å². The molecule has 2 rings (SSSR count). The topological polar surface area (TPSA) is 66.6 Å². The van der Waals surface area contributed by atoms with E-state index in [9.17, 15) is 15.2 Å². The predicted octanol–water partition coefficient (Wildman–Crippen LogP) is 3.81. The van der Waals surface area contributed by atoms with Crippen LogP contribution in [-0.2, 0) is 0 Å². The highest BCUT2D eigenvalue weighted by Gasteiger charge is 2.21. The van der Waals surface area contributed by atoms with E-state index in [-0.39, 0.29) is 5.69 Å². The highest BCUT2D eigenvalue weighted by Crippen LogP contribution is 2.35. The van der Waals surface area contributed by atoms with Crippen LogP contribution in [0.2, 0.25) is 0 Å². The maximum absolute atomic E-state index is 11.3. The summed E-state index contributed by atoms with van der Waals surface area (Å²) in [6.07, 6.45) is -0.732. The number of aliphatic hydroxyl groups excluding tert-OH is 1. The summed E-state index contributed by atoms with van der Waals surface area (Å²) in [5.74, 6) is 0. The first kappa shape index (κ1) is 15.0. The van der Waals surface area contributed by atoms with Crippen molar-refractivity contribution in [1.82, 2.24) is 0 Å². The van der Waals surface area contributed by atoms with Gasteiger partial charge in [-0.05, 0) is 37.6 Å². The molecule has 5 nitrogen and oxygen atoms in total. The molecule has 0 bridgehead atoms. The number of nitro benzene ring substituents is 1. The molecule has 0 aliphatic rings. The van der Waals surface area contributed by atoms with Gasteiger partial charge in [0.1, 0.15) is 5.69 Å². The van der Waals surface area contributed by atoms with Crippen molar-refractivity contribution >= 4 is 17.1 Å². The molecule has 1 N–H and O–H groups in total. The van der Waals surface area contributed by atoms with Crippen molar-refractivity contribution in [3.05, 3.63) is 64.2 Å². The number of hydrogen-bond acceptors (Lipinski definition) is 4. The minimum Gasteiger partial charge on any atom is -0.389 e. The van der Waals surface area contributed by atoms with Gasteiger partial charge in [0.15, 0.2) is 0 Å². The second-order valence-electron chi connectivity index (χ2n) is 4.76. The van der Waals surface area contributed by atoms with Crippen LogP contribution in [0.25, 0.3) is 0 Å². The Morgan fingerprint density at radius 3 is 2.43 bits per heavy atom. The molecule has 21 heavy (non-hydrogen) atoms. The fourth-order valence-electron chi connectivity index (χ4n) is 2.27. The standard InChI is InChI=1S/C16H18N2O3/c1-3-17(14-7-5-4-6-8-14)15-10-9-13(12(2)19)11-16(15)18(20)21/h4-12,19H,3H2,1-2H3/t12-/m1/s1. The van der Waals surface area contributed by atoms with Gasteiger partial charge < -0.3 is 10.0 Å². The van der Waals surface area contributed by atoms with Gasteiger partial charge in [0.05, 0.1) is 11.0 Å². The third kappa shape index (κ3) is 3.20. The Morgan fingerprint density at radius 1 is 1.24 bits per heavy atom. The Labute approximate surface area is 123 Å². The summed E-state index contributed by atoms with van der Waals surface area (Å²) in [6, 6.07) is 14.4. The third-order valence-corrected chi connectivity index (χ3v) is 3.35. The van der Waals surface area contributed by atoms with Crippen LogP contribution < -0.4 is 4.90 Å². The van der Waals surface area contributed by atoms with Crippen LogP contribution in [0.1, 0.15) is 25.5 Å². The number of anilines is 2. The number of nitrogens with zero attached hydrogens (tertiary/aromatic N) is 2. The third-order valence-electron chi connectivity index (χ3n) is 3.35. The van der Waals surface area contributed by atoms with Gasteiger partial charge >= 0.3 is 0 Å². The normalized spacial score (nSPS) is 12.0. The molecule has 0 unspecified atom stereocenters. The zero-order valence-corrected chi connectivity index (χ0v) is 12.1. The van der Waals surface area contributed by atoms with Crippen LogP contribution in [0.5, 0.6) is 0 Å². The number of benzene rings is 2. The van der Waals surface area contributed by atoms with Crippen molar-refractivity contribution in [2.45, 2.75) is 20.0 Å². The van der Waals surface area contributed by atoms with Gasteiger partial charge in [-0.1, -0.05) is 24.3 Å². The van der Waals surface area contributed by atoms with Crippen LogP contribution in [0.4, 0.5) is 17.1 Å². The molecule has 5 heteroatoms. The van der Waals surface area contributed by atoms with Crippen molar-refractivity contribution in [3.63, 3.8) is 0 Å². The number of para-hydroxylation sites is 1. The van der Waals surface area contributed by atoms with Gasteiger partial charge in [-0.15, -0.1) is 0 Å². The lowest BCUT2D eigenvalue weighted by Crippen LogP contribution is -2.17. The van der Waals surface area contributed by atoms with E-state index < -0.39 is 11.0 Å². The van der Waals surface area contributed by atoms with E-state index >= 15 is 0 Å². The van der Waals surface area contributed by atoms with Gasteiger partial charge in [-0.3, -0.25) is 10.1 Å². The number of nitro groups is 1. The number of rotatable bonds is 5. The molecule has 2 aromatic carbocycles. The van der Waals surface area contributed by atoms with E-state index in [2.05, 4.69) is 0 Å². The SMILES string of the molecule is CCN(c1ccccc1)c1ccc([C@@H](C)O)cc1[N+](=O)[O-]. The zero-order valence-electron chi connectivity index (χ0n) is 12.1. The van der Waals surface area contributed by atoms with Gasteiger partial charge in [0.2, 0.25) is 0 Å². The molecule has 0 aliphatic heterocycles. The highest BCUT2D eigenvalue weighted by molar-refractivity contribution is 5.72. The summed E-state index contributed by atoms with van der Waals surface area (Å²) in [7, 11) is 0. The fraction of sp³-hybridized carbons (Fsp3) is 0.250. The average Bonchev–Trinajstić information content (AvgIpc) is 2.49. The van der Waals surface area contributed by atoms with E-state index in [0.717, 1.165) is 5.69 Å². The Hall–Kier alpha value is -2.40. The molecular formula is C16H18N2O3. The predicted molar refractivity (Wildman–Crippen MR) is 82.9 cm³/mol. The molecule has 0 amide bonds. The lowest BCUT2D eigenvalue weighted by atomic mass is 10.1. The molecule has 0 fully saturated rings. The molecule has 0 heterocycles. The first-order valence-corrected chi connectivity index (χ1v) is 6.83. The van der Waals surface area contributed by atoms with Gasteiger partial charge in [-0.25, -0.2) is 0 Å². The van der Waals surface area contributed by atoms with Crippen LogP contribution in [0.3, 0.4) is 0 Å². The Bertz CT molecular complexity index is 627. The number of aliphatic hydroxyl groups is 1. The molecule has 0 spiro atoms. The second kappa shape index (κ2) is 6.37. The van der Waals surface area contributed by atoms with Crippen molar-refractivity contribution < 1.29 is 10.0 Å². The smallest absolute Gasteiger partial charge is 0.293 e.